The third kappa shape index (κ3) is 5.00. The summed E-state index contributed by atoms with van der Waals surface area (Å²) in [6.07, 6.45) is 3.84. The maximum absolute atomic E-state index is 12.1. The summed E-state index contributed by atoms with van der Waals surface area (Å²) >= 11 is 0. The normalized spacial score (nSPS) is 22.0. The summed E-state index contributed by atoms with van der Waals surface area (Å²) in [6.45, 7) is 0.990. The van der Waals surface area contributed by atoms with Crippen molar-refractivity contribution in [2.75, 3.05) is 26.7 Å². The molecule has 0 aromatic heterocycles. The number of rotatable bonds is 7. The smallest absolute Gasteiger partial charge is 0.304 e. The Morgan fingerprint density at radius 2 is 2.00 bits per heavy atom. The summed E-state index contributed by atoms with van der Waals surface area (Å²) in [6, 6.07) is 0.222. The lowest BCUT2D eigenvalue weighted by Gasteiger charge is -2.25. The quantitative estimate of drug-likeness (QED) is 0.671. The van der Waals surface area contributed by atoms with Crippen LogP contribution in [0.4, 0.5) is 0 Å². The van der Waals surface area contributed by atoms with Gasteiger partial charge in [0.1, 0.15) is 0 Å². The van der Waals surface area contributed by atoms with E-state index in [0.29, 0.717) is 6.04 Å². The second-order valence-electron chi connectivity index (χ2n) is 5.96. The van der Waals surface area contributed by atoms with Crippen molar-refractivity contribution in [1.29, 1.82) is 0 Å². The molecular formula is C14H23N3O4. The van der Waals surface area contributed by atoms with Crippen molar-refractivity contribution < 1.29 is 19.5 Å². The summed E-state index contributed by atoms with van der Waals surface area (Å²) in [5, 5.41) is 11.7. The van der Waals surface area contributed by atoms with Gasteiger partial charge in [-0.1, -0.05) is 0 Å². The van der Waals surface area contributed by atoms with E-state index in [4.69, 9.17) is 5.11 Å². The monoisotopic (exact) mass is 297 g/mol. The SMILES string of the molecule is CN(CC(=O)NC1CC1)C(=O)CN1CCCC1CC(=O)O. The summed E-state index contributed by atoms with van der Waals surface area (Å²) < 4.78 is 0. The molecule has 1 heterocycles. The lowest BCUT2D eigenvalue weighted by atomic mass is 10.1. The first kappa shape index (κ1) is 15.8. The Bertz CT molecular complexity index is 422. The summed E-state index contributed by atoms with van der Waals surface area (Å²) in [7, 11) is 1.61. The molecule has 2 fully saturated rings. The van der Waals surface area contributed by atoms with Crippen LogP contribution in [0, 0.1) is 0 Å². The zero-order chi connectivity index (χ0) is 15.4. The number of hydrogen-bond donors (Lipinski definition) is 2. The zero-order valence-electron chi connectivity index (χ0n) is 12.4. The average molecular weight is 297 g/mol. The molecule has 1 saturated heterocycles. The van der Waals surface area contributed by atoms with Gasteiger partial charge in [0.05, 0.1) is 19.5 Å². The number of carbonyl (C=O) groups excluding carboxylic acids is 2. The predicted octanol–water partition coefficient (Wildman–Crippen LogP) is -0.337. The van der Waals surface area contributed by atoms with Gasteiger partial charge in [-0.3, -0.25) is 19.3 Å². The van der Waals surface area contributed by atoms with Crippen LogP contribution in [0.5, 0.6) is 0 Å². The average Bonchev–Trinajstić information content (AvgIpc) is 3.10. The van der Waals surface area contributed by atoms with Gasteiger partial charge in [0.2, 0.25) is 11.8 Å². The third-order valence-corrected chi connectivity index (χ3v) is 4.00. The van der Waals surface area contributed by atoms with E-state index in [1.165, 1.54) is 4.90 Å². The van der Waals surface area contributed by atoms with Gasteiger partial charge in [0.25, 0.3) is 0 Å². The van der Waals surface area contributed by atoms with Gasteiger partial charge in [-0.25, -0.2) is 0 Å². The fraction of sp³-hybridized carbons (Fsp3) is 0.786. The van der Waals surface area contributed by atoms with Gasteiger partial charge < -0.3 is 15.3 Å². The number of likely N-dealkylation sites (tertiary alicyclic amines) is 1. The largest absolute Gasteiger partial charge is 0.481 e. The van der Waals surface area contributed by atoms with Gasteiger partial charge in [0, 0.05) is 19.1 Å². The van der Waals surface area contributed by atoms with E-state index in [-0.39, 0.29) is 37.4 Å². The molecule has 21 heavy (non-hydrogen) atoms. The van der Waals surface area contributed by atoms with Crippen LogP contribution in [-0.2, 0) is 14.4 Å². The fourth-order valence-corrected chi connectivity index (χ4v) is 2.64. The molecule has 0 bridgehead atoms. The highest BCUT2D eigenvalue weighted by Gasteiger charge is 2.29. The minimum atomic E-state index is -0.837. The maximum Gasteiger partial charge on any atom is 0.304 e. The Morgan fingerprint density at radius 3 is 2.62 bits per heavy atom. The molecule has 2 aliphatic rings. The highest BCUT2D eigenvalue weighted by molar-refractivity contribution is 5.85. The van der Waals surface area contributed by atoms with Crippen molar-refractivity contribution in [2.24, 2.45) is 0 Å². The summed E-state index contributed by atoms with van der Waals surface area (Å²) in [4.78, 5) is 37.9. The Morgan fingerprint density at radius 1 is 1.29 bits per heavy atom. The van der Waals surface area contributed by atoms with E-state index in [1.54, 1.807) is 7.05 Å². The van der Waals surface area contributed by atoms with E-state index >= 15 is 0 Å². The number of nitrogens with zero attached hydrogens (tertiary/aromatic N) is 2. The van der Waals surface area contributed by atoms with Crippen LogP contribution in [0.2, 0.25) is 0 Å². The van der Waals surface area contributed by atoms with E-state index in [9.17, 15) is 14.4 Å². The van der Waals surface area contributed by atoms with E-state index < -0.39 is 5.97 Å². The first-order valence-corrected chi connectivity index (χ1v) is 7.45. The molecule has 1 aliphatic carbocycles. The number of amides is 2. The topological polar surface area (TPSA) is 90.0 Å². The van der Waals surface area contributed by atoms with Crippen LogP contribution in [0.25, 0.3) is 0 Å². The highest BCUT2D eigenvalue weighted by atomic mass is 16.4. The van der Waals surface area contributed by atoms with Gasteiger partial charge in [-0.15, -0.1) is 0 Å². The molecule has 2 N–H and O–H groups in total. The van der Waals surface area contributed by atoms with Crippen molar-refractivity contribution in [3.8, 4) is 0 Å². The fourth-order valence-electron chi connectivity index (χ4n) is 2.64. The van der Waals surface area contributed by atoms with Crippen molar-refractivity contribution in [1.82, 2.24) is 15.1 Å². The van der Waals surface area contributed by atoms with Crippen LogP contribution in [0.1, 0.15) is 32.1 Å². The predicted molar refractivity (Wildman–Crippen MR) is 75.6 cm³/mol. The Labute approximate surface area is 124 Å². The number of nitrogens with one attached hydrogen (secondary N) is 1. The number of aliphatic carboxylic acids is 1. The Kier molecular flexibility index (Phi) is 5.17. The Balaban J connectivity index is 1.76. The standard InChI is InChI=1S/C14H23N3O4/c1-16(8-12(18)15-10-4-5-10)13(19)9-17-6-2-3-11(17)7-14(20)21/h10-11H,2-9H2,1H3,(H,15,18)(H,20,21). The second kappa shape index (κ2) is 6.89. The molecule has 0 spiro atoms. The first-order chi connectivity index (χ1) is 9.95. The van der Waals surface area contributed by atoms with Crippen molar-refractivity contribution in [2.45, 2.75) is 44.2 Å². The van der Waals surface area contributed by atoms with Gasteiger partial charge >= 0.3 is 5.97 Å². The number of hydrogen-bond acceptors (Lipinski definition) is 4. The van der Waals surface area contributed by atoms with Gasteiger partial charge in [-0.2, -0.15) is 0 Å². The molecular weight excluding hydrogens is 274 g/mol. The van der Waals surface area contributed by atoms with Crippen molar-refractivity contribution in [3.05, 3.63) is 0 Å². The molecule has 1 unspecified atom stereocenters. The number of carbonyl (C=O) groups is 3. The van der Waals surface area contributed by atoms with Gasteiger partial charge in [0.15, 0.2) is 0 Å². The van der Waals surface area contributed by atoms with E-state index in [2.05, 4.69) is 5.32 Å². The van der Waals surface area contributed by atoms with Crippen LogP contribution >= 0.6 is 0 Å². The van der Waals surface area contributed by atoms with Crippen LogP contribution in [-0.4, -0.2) is 71.5 Å². The van der Waals surface area contributed by atoms with Crippen molar-refractivity contribution >= 4 is 17.8 Å². The third-order valence-electron chi connectivity index (χ3n) is 4.00. The molecule has 1 atom stereocenters. The molecule has 7 heteroatoms. The molecule has 7 nitrogen and oxygen atoms in total. The van der Waals surface area contributed by atoms with E-state index in [0.717, 1.165) is 32.2 Å². The van der Waals surface area contributed by atoms with Gasteiger partial charge in [-0.05, 0) is 32.2 Å². The van der Waals surface area contributed by atoms with Crippen molar-refractivity contribution in [3.63, 3.8) is 0 Å². The number of carboxylic acids is 1. The molecule has 0 radical (unpaired) electrons. The highest BCUT2D eigenvalue weighted by Crippen LogP contribution is 2.20. The molecule has 0 aromatic carbocycles. The van der Waals surface area contributed by atoms with Crippen LogP contribution < -0.4 is 5.32 Å². The summed E-state index contributed by atoms with van der Waals surface area (Å²) in [5.41, 5.74) is 0. The summed E-state index contributed by atoms with van der Waals surface area (Å²) in [5.74, 6) is -1.10. The lowest BCUT2D eigenvalue weighted by Crippen LogP contribution is -2.45. The van der Waals surface area contributed by atoms with E-state index in [1.807, 2.05) is 4.90 Å². The molecule has 1 aliphatic heterocycles. The number of carboxylic acid groups (broad SMARTS) is 1. The second-order valence-corrected chi connectivity index (χ2v) is 5.96. The number of likely N-dealkylation sites (N-methyl/N-ethyl adjacent to an activating group) is 1. The van der Waals surface area contributed by atoms with Crippen LogP contribution in [0.3, 0.4) is 0 Å². The minimum absolute atomic E-state index is 0.0623. The molecule has 2 rings (SSSR count). The molecule has 118 valence electrons. The first-order valence-electron chi connectivity index (χ1n) is 7.45. The molecule has 1 saturated carbocycles. The van der Waals surface area contributed by atoms with Crippen LogP contribution in [0.15, 0.2) is 0 Å². The Hall–Kier alpha value is -1.63. The lowest BCUT2D eigenvalue weighted by molar-refractivity contribution is -0.139. The molecule has 2 amide bonds. The maximum atomic E-state index is 12.1. The molecule has 0 aromatic rings. The minimum Gasteiger partial charge on any atom is -0.481 e. The zero-order valence-corrected chi connectivity index (χ0v) is 12.4.